The maximum Gasteiger partial charge on any atom is 0.313 e. The fraction of sp³-hybridized carbons (Fsp3) is 0.560. The quantitative estimate of drug-likeness (QED) is 0.348. The molecule has 2 rings (SSSR count). The van der Waals surface area contributed by atoms with E-state index >= 15 is 0 Å². The molecule has 1 aromatic rings. The molecule has 0 unspecified atom stereocenters. The van der Waals surface area contributed by atoms with Gasteiger partial charge in [-0.15, -0.1) is 0 Å². The highest BCUT2D eigenvalue weighted by Crippen LogP contribution is 2.22. The largest absolute Gasteiger partial charge is 0.389 e. The molecule has 1 saturated heterocycles. The molecule has 4 N–H and O–H groups in total. The number of nitrogens with one attached hydrogen (secondary N) is 3. The van der Waals surface area contributed by atoms with Crippen LogP contribution in [0.2, 0.25) is 0 Å². The Labute approximate surface area is 210 Å². The van der Waals surface area contributed by atoms with Crippen molar-refractivity contribution in [2.45, 2.75) is 58.0 Å². The van der Waals surface area contributed by atoms with Gasteiger partial charge < -0.3 is 26.0 Å². The second kappa shape index (κ2) is 13.7. The summed E-state index contributed by atoms with van der Waals surface area (Å²) in [5.41, 5.74) is -0.184. The number of carbonyl (C=O) groups excluding carboxylic acids is 5. The molecule has 36 heavy (non-hydrogen) atoms. The van der Waals surface area contributed by atoms with Gasteiger partial charge in [0.1, 0.15) is 18.5 Å². The summed E-state index contributed by atoms with van der Waals surface area (Å²) < 4.78 is 13.8. The number of hydrogen-bond acceptors (Lipinski definition) is 6. The van der Waals surface area contributed by atoms with Crippen LogP contribution in [0.3, 0.4) is 0 Å². The van der Waals surface area contributed by atoms with Gasteiger partial charge in [-0.05, 0) is 43.7 Å². The van der Waals surface area contributed by atoms with Crippen molar-refractivity contribution in [3.05, 3.63) is 30.1 Å². The van der Waals surface area contributed by atoms with E-state index in [1.165, 1.54) is 25.2 Å². The molecular formula is C25H35FN4O6. The first-order chi connectivity index (χ1) is 17.0. The van der Waals surface area contributed by atoms with E-state index in [9.17, 15) is 33.5 Å². The van der Waals surface area contributed by atoms with Crippen molar-refractivity contribution in [1.82, 2.24) is 15.5 Å². The van der Waals surface area contributed by atoms with Crippen molar-refractivity contribution >= 4 is 35.1 Å². The van der Waals surface area contributed by atoms with Crippen molar-refractivity contribution in [3.63, 3.8) is 0 Å². The topological polar surface area (TPSA) is 145 Å². The molecule has 1 aromatic carbocycles. The number of carbonyl (C=O) groups is 5. The SMILES string of the molecule is CC(C)C[C@H](NC(=O)C(=O)Nc1ccccc1F)C(=O)N(C)[C@H](C[C@H]1CCCCNC1=O)C(=O)CO. The van der Waals surface area contributed by atoms with E-state index in [1.807, 2.05) is 13.8 Å². The standard InChI is InChI=1S/C25H35FN4O6/c1-15(2)12-19(29-24(35)23(34)28-18-10-5-4-9-17(18)26)25(36)30(3)20(21(32)14-31)13-16-8-6-7-11-27-22(16)33/h4-5,9-10,15-16,19-20,31H,6-8,11-14H2,1-3H3,(H,27,33)(H,28,34)(H,29,35)/t16-,19+,20-/m1/s1. The number of aliphatic hydroxyl groups excluding tert-OH is 1. The lowest BCUT2D eigenvalue weighted by Crippen LogP contribution is -2.55. The molecule has 0 bridgehead atoms. The number of rotatable bonds is 10. The molecule has 0 aromatic heterocycles. The molecule has 0 radical (unpaired) electrons. The molecule has 198 valence electrons. The van der Waals surface area contributed by atoms with E-state index in [0.29, 0.717) is 13.0 Å². The molecule has 11 heteroatoms. The number of anilines is 1. The Bertz CT molecular complexity index is 970. The number of amides is 4. The lowest BCUT2D eigenvalue weighted by molar-refractivity contribution is -0.144. The van der Waals surface area contributed by atoms with Gasteiger partial charge in [0.25, 0.3) is 0 Å². The zero-order valence-electron chi connectivity index (χ0n) is 20.9. The van der Waals surface area contributed by atoms with Crippen LogP contribution >= 0.6 is 0 Å². The van der Waals surface area contributed by atoms with Crippen LogP contribution in [0.1, 0.15) is 46.0 Å². The molecular weight excluding hydrogens is 471 g/mol. The molecule has 3 atom stereocenters. The van der Waals surface area contributed by atoms with Crippen molar-refractivity contribution in [3.8, 4) is 0 Å². The number of para-hydroxylation sites is 1. The van der Waals surface area contributed by atoms with Gasteiger partial charge in [-0.2, -0.15) is 0 Å². The summed E-state index contributed by atoms with van der Waals surface area (Å²) in [6.45, 7) is 3.36. The molecule has 0 spiro atoms. The Hall–Kier alpha value is -3.34. The van der Waals surface area contributed by atoms with Crippen molar-refractivity contribution < 1.29 is 33.5 Å². The maximum absolute atomic E-state index is 13.8. The lowest BCUT2D eigenvalue weighted by atomic mass is 9.91. The predicted octanol–water partition coefficient (Wildman–Crippen LogP) is 0.990. The number of hydrogen-bond donors (Lipinski definition) is 4. The lowest BCUT2D eigenvalue weighted by Gasteiger charge is -2.32. The third kappa shape index (κ3) is 8.11. The van der Waals surface area contributed by atoms with Crippen molar-refractivity contribution in [1.29, 1.82) is 0 Å². The van der Waals surface area contributed by atoms with Crippen molar-refractivity contribution in [2.75, 3.05) is 25.5 Å². The number of halogens is 1. The van der Waals surface area contributed by atoms with Gasteiger partial charge in [0, 0.05) is 19.5 Å². The molecule has 1 fully saturated rings. The zero-order valence-corrected chi connectivity index (χ0v) is 20.9. The highest BCUT2D eigenvalue weighted by molar-refractivity contribution is 6.40. The maximum atomic E-state index is 13.8. The smallest absolute Gasteiger partial charge is 0.313 e. The Morgan fingerprint density at radius 3 is 2.50 bits per heavy atom. The summed E-state index contributed by atoms with van der Waals surface area (Å²) in [6, 6.07) is 3.09. The Balaban J connectivity index is 2.18. The molecule has 4 amide bonds. The second-order valence-electron chi connectivity index (χ2n) is 9.40. The van der Waals surface area contributed by atoms with Gasteiger partial charge in [-0.25, -0.2) is 4.39 Å². The molecule has 10 nitrogen and oxygen atoms in total. The Kier molecular flexibility index (Phi) is 11.0. The summed E-state index contributed by atoms with van der Waals surface area (Å²) in [5, 5.41) is 16.9. The summed E-state index contributed by atoms with van der Waals surface area (Å²) in [7, 11) is 1.37. The minimum absolute atomic E-state index is 0.0313. The molecule has 0 saturated carbocycles. The molecule has 1 heterocycles. The summed E-state index contributed by atoms with van der Waals surface area (Å²) >= 11 is 0. The number of nitrogens with zero attached hydrogens (tertiary/aromatic N) is 1. The van der Waals surface area contributed by atoms with E-state index in [2.05, 4.69) is 16.0 Å². The Morgan fingerprint density at radius 1 is 1.17 bits per heavy atom. The number of aliphatic hydroxyl groups is 1. The van der Waals surface area contributed by atoms with Gasteiger partial charge in [-0.1, -0.05) is 32.4 Å². The Morgan fingerprint density at radius 2 is 1.86 bits per heavy atom. The number of benzene rings is 1. The first kappa shape index (κ1) is 28.9. The van der Waals surface area contributed by atoms with Crippen LogP contribution in [0.5, 0.6) is 0 Å². The van der Waals surface area contributed by atoms with Crippen LogP contribution in [-0.4, -0.2) is 71.7 Å². The van der Waals surface area contributed by atoms with Gasteiger partial charge in [-0.3, -0.25) is 24.0 Å². The van der Waals surface area contributed by atoms with Crippen LogP contribution in [0.25, 0.3) is 0 Å². The van der Waals surface area contributed by atoms with Gasteiger partial charge in [0.15, 0.2) is 5.78 Å². The van der Waals surface area contributed by atoms with E-state index in [1.54, 1.807) is 0 Å². The first-order valence-electron chi connectivity index (χ1n) is 12.1. The molecule has 0 aliphatic carbocycles. The number of Topliss-reactive ketones (excluding diaryl/α,β-unsaturated/α-hetero) is 1. The average Bonchev–Trinajstić information content (AvgIpc) is 3.05. The van der Waals surface area contributed by atoms with Crippen LogP contribution < -0.4 is 16.0 Å². The second-order valence-corrected chi connectivity index (χ2v) is 9.40. The summed E-state index contributed by atoms with van der Waals surface area (Å²) in [6.07, 6.45) is 2.33. The highest BCUT2D eigenvalue weighted by Gasteiger charge is 2.36. The van der Waals surface area contributed by atoms with Crippen LogP contribution in [0, 0.1) is 17.7 Å². The third-order valence-corrected chi connectivity index (χ3v) is 6.14. The fourth-order valence-corrected chi connectivity index (χ4v) is 4.17. The van der Waals surface area contributed by atoms with Gasteiger partial charge >= 0.3 is 11.8 Å². The fourth-order valence-electron chi connectivity index (χ4n) is 4.17. The minimum Gasteiger partial charge on any atom is -0.389 e. The van der Waals surface area contributed by atoms with E-state index in [-0.39, 0.29) is 30.4 Å². The highest BCUT2D eigenvalue weighted by atomic mass is 19.1. The zero-order chi connectivity index (χ0) is 26.8. The van der Waals surface area contributed by atoms with Gasteiger partial charge in [0.2, 0.25) is 11.8 Å². The minimum atomic E-state index is -1.16. The molecule has 1 aliphatic rings. The van der Waals surface area contributed by atoms with Crippen LogP contribution in [0.4, 0.5) is 10.1 Å². The predicted molar refractivity (Wildman–Crippen MR) is 130 cm³/mol. The summed E-state index contributed by atoms with van der Waals surface area (Å²) in [5.74, 6) is -5.07. The van der Waals surface area contributed by atoms with E-state index in [0.717, 1.165) is 23.8 Å². The van der Waals surface area contributed by atoms with E-state index in [4.69, 9.17) is 0 Å². The monoisotopic (exact) mass is 506 g/mol. The van der Waals surface area contributed by atoms with Crippen LogP contribution in [-0.2, 0) is 24.0 Å². The average molecular weight is 507 g/mol. The number of ketones is 1. The molecule has 1 aliphatic heterocycles. The normalized spacial score (nSPS) is 17.4. The van der Waals surface area contributed by atoms with Crippen molar-refractivity contribution in [2.24, 2.45) is 11.8 Å². The van der Waals surface area contributed by atoms with Gasteiger partial charge in [0.05, 0.1) is 11.7 Å². The van der Waals surface area contributed by atoms with Crippen LogP contribution in [0.15, 0.2) is 24.3 Å². The first-order valence-corrected chi connectivity index (χ1v) is 12.1. The number of likely N-dealkylation sites (N-methyl/N-ethyl adjacent to an activating group) is 1. The third-order valence-electron chi connectivity index (χ3n) is 6.14. The van der Waals surface area contributed by atoms with E-state index < -0.39 is 53.9 Å². The summed E-state index contributed by atoms with van der Waals surface area (Å²) in [4.78, 5) is 64.4.